The number of aliphatic imine (C=N–C) groups is 1. The highest BCUT2D eigenvalue weighted by atomic mass is 16.4. The van der Waals surface area contributed by atoms with Crippen molar-refractivity contribution in [3.8, 4) is 0 Å². The highest BCUT2D eigenvalue weighted by Crippen LogP contribution is 2.19. The van der Waals surface area contributed by atoms with Gasteiger partial charge < -0.3 is 24.6 Å². The zero-order valence-electron chi connectivity index (χ0n) is 11.6. The van der Waals surface area contributed by atoms with Gasteiger partial charge in [0.15, 0.2) is 5.96 Å². The number of nitrogens with one attached hydrogen (secondary N) is 2. The summed E-state index contributed by atoms with van der Waals surface area (Å²) < 4.78 is 10.4. The first-order valence-electron chi connectivity index (χ1n) is 6.35. The van der Waals surface area contributed by atoms with Crippen LogP contribution in [0.4, 0.5) is 0 Å². The van der Waals surface area contributed by atoms with Crippen molar-refractivity contribution in [2.24, 2.45) is 4.99 Å². The summed E-state index contributed by atoms with van der Waals surface area (Å²) in [5.41, 5.74) is -1.11. The predicted molar refractivity (Wildman–Crippen MR) is 75.2 cm³/mol. The minimum atomic E-state index is -1.11. The first-order valence-corrected chi connectivity index (χ1v) is 6.35. The highest BCUT2D eigenvalue weighted by Gasteiger charge is 2.26. The smallest absolute Gasteiger partial charge is 0.191 e. The molecule has 1 unspecified atom stereocenters. The van der Waals surface area contributed by atoms with Gasteiger partial charge >= 0.3 is 0 Å². The molecule has 108 valence electrons. The zero-order chi connectivity index (χ0) is 14.4. The van der Waals surface area contributed by atoms with Gasteiger partial charge in [-0.25, -0.2) is 0 Å². The van der Waals surface area contributed by atoms with Crippen molar-refractivity contribution in [3.63, 3.8) is 0 Å². The summed E-state index contributed by atoms with van der Waals surface area (Å²) in [4.78, 5) is 4.08. The topological polar surface area (TPSA) is 82.9 Å². The molecule has 20 heavy (non-hydrogen) atoms. The summed E-state index contributed by atoms with van der Waals surface area (Å²) in [6, 6.07) is 7.18. The Morgan fingerprint density at radius 1 is 1.25 bits per heavy atom. The standard InChI is InChI=1S/C14H19N3O3/c1-14(18,12-6-4-8-20-12)10-17-13(15-2)16-9-11-5-3-7-19-11/h3-8,18H,9-10H2,1-2H3,(H2,15,16,17). The van der Waals surface area contributed by atoms with Crippen LogP contribution in [0.5, 0.6) is 0 Å². The zero-order valence-corrected chi connectivity index (χ0v) is 11.6. The Bertz CT molecular complexity index is 530. The number of hydrogen-bond donors (Lipinski definition) is 3. The summed E-state index contributed by atoms with van der Waals surface area (Å²) in [7, 11) is 1.67. The van der Waals surface area contributed by atoms with Crippen LogP contribution in [0.25, 0.3) is 0 Å². The van der Waals surface area contributed by atoms with Crippen LogP contribution < -0.4 is 10.6 Å². The number of hydrogen-bond acceptors (Lipinski definition) is 4. The quantitative estimate of drug-likeness (QED) is 0.569. The molecule has 0 spiro atoms. The van der Waals surface area contributed by atoms with Crippen molar-refractivity contribution < 1.29 is 13.9 Å². The predicted octanol–water partition coefficient (Wildman–Crippen LogP) is 1.45. The molecule has 0 saturated heterocycles. The van der Waals surface area contributed by atoms with Crippen molar-refractivity contribution in [2.75, 3.05) is 13.6 Å². The number of furan rings is 2. The molecule has 0 saturated carbocycles. The fourth-order valence-electron chi connectivity index (χ4n) is 1.73. The van der Waals surface area contributed by atoms with Crippen LogP contribution >= 0.6 is 0 Å². The second-order valence-corrected chi connectivity index (χ2v) is 4.61. The molecule has 2 heterocycles. The molecule has 0 aromatic carbocycles. The highest BCUT2D eigenvalue weighted by molar-refractivity contribution is 5.79. The molecule has 2 aromatic heterocycles. The lowest BCUT2D eigenvalue weighted by atomic mass is 10.0. The Hall–Kier alpha value is -2.21. The lowest BCUT2D eigenvalue weighted by Gasteiger charge is -2.22. The van der Waals surface area contributed by atoms with E-state index in [9.17, 15) is 5.11 Å². The van der Waals surface area contributed by atoms with Crippen LogP contribution in [-0.4, -0.2) is 24.7 Å². The lowest BCUT2D eigenvalue weighted by Crippen LogP contribution is -2.44. The maximum absolute atomic E-state index is 10.3. The summed E-state index contributed by atoms with van der Waals surface area (Å²) in [5, 5.41) is 16.5. The van der Waals surface area contributed by atoms with Crippen molar-refractivity contribution in [1.82, 2.24) is 10.6 Å². The van der Waals surface area contributed by atoms with Gasteiger partial charge in [0.05, 0.1) is 25.6 Å². The number of rotatable bonds is 5. The van der Waals surface area contributed by atoms with Gasteiger partial charge in [-0.1, -0.05) is 0 Å². The Morgan fingerprint density at radius 3 is 2.60 bits per heavy atom. The van der Waals surface area contributed by atoms with Crippen molar-refractivity contribution >= 4 is 5.96 Å². The van der Waals surface area contributed by atoms with E-state index < -0.39 is 5.60 Å². The molecule has 0 radical (unpaired) electrons. The fourth-order valence-corrected chi connectivity index (χ4v) is 1.73. The van der Waals surface area contributed by atoms with Gasteiger partial charge in [0, 0.05) is 7.05 Å². The van der Waals surface area contributed by atoms with Gasteiger partial charge in [-0.3, -0.25) is 4.99 Å². The molecule has 0 fully saturated rings. The molecule has 3 N–H and O–H groups in total. The summed E-state index contributed by atoms with van der Waals surface area (Å²) in [5.74, 6) is 1.89. The third-order valence-electron chi connectivity index (χ3n) is 2.89. The van der Waals surface area contributed by atoms with Crippen LogP contribution in [0.15, 0.2) is 50.6 Å². The van der Waals surface area contributed by atoms with E-state index in [2.05, 4.69) is 15.6 Å². The third-order valence-corrected chi connectivity index (χ3v) is 2.89. The molecular formula is C14H19N3O3. The number of nitrogens with zero attached hydrogens (tertiary/aromatic N) is 1. The molecule has 2 rings (SSSR count). The Labute approximate surface area is 117 Å². The van der Waals surface area contributed by atoms with Crippen molar-refractivity contribution in [3.05, 3.63) is 48.3 Å². The second kappa shape index (κ2) is 6.29. The molecule has 6 nitrogen and oxygen atoms in total. The normalized spacial score (nSPS) is 14.8. The third kappa shape index (κ3) is 3.64. The minimum absolute atomic E-state index is 0.276. The summed E-state index contributed by atoms with van der Waals surface area (Å²) >= 11 is 0. The Kier molecular flexibility index (Phi) is 4.47. The SMILES string of the molecule is CN=C(NCc1ccco1)NCC(C)(O)c1ccco1. The summed E-state index contributed by atoms with van der Waals surface area (Å²) in [6.45, 7) is 2.48. The minimum Gasteiger partial charge on any atom is -0.467 e. The first-order chi connectivity index (χ1) is 9.62. The average Bonchev–Trinajstić information content (AvgIpc) is 3.12. The molecule has 0 aliphatic rings. The monoisotopic (exact) mass is 277 g/mol. The van der Waals surface area contributed by atoms with E-state index in [4.69, 9.17) is 8.83 Å². The molecule has 2 aromatic rings. The van der Waals surface area contributed by atoms with E-state index in [0.29, 0.717) is 18.3 Å². The molecule has 0 aliphatic heterocycles. The average molecular weight is 277 g/mol. The molecule has 0 bridgehead atoms. The van der Waals surface area contributed by atoms with Crippen LogP contribution in [-0.2, 0) is 12.1 Å². The van der Waals surface area contributed by atoms with Crippen LogP contribution in [0.2, 0.25) is 0 Å². The summed E-state index contributed by atoms with van der Waals surface area (Å²) in [6.07, 6.45) is 3.16. The maximum Gasteiger partial charge on any atom is 0.191 e. The van der Waals surface area contributed by atoms with Gasteiger partial charge in [-0.15, -0.1) is 0 Å². The van der Waals surface area contributed by atoms with E-state index >= 15 is 0 Å². The Morgan fingerprint density at radius 2 is 2.00 bits per heavy atom. The van der Waals surface area contributed by atoms with E-state index in [1.807, 2.05) is 12.1 Å². The van der Waals surface area contributed by atoms with Crippen LogP contribution in [0, 0.1) is 0 Å². The van der Waals surface area contributed by atoms with Gasteiger partial charge in [-0.2, -0.15) is 0 Å². The largest absolute Gasteiger partial charge is 0.467 e. The van der Waals surface area contributed by atoms with Crippen LogP contribution in [0.1, 0.15) is 18.4 Å². The van der Waals surface area contributed by atoms with Gasteiger partial charge in [0.25, 0.3) is 0 Å². The van der Waals surface area contributed by atoms with Crippen LogP contribution in [0.3, 0.4) is 0 Å². The van der Waals surface area contributed by atoms with E-state index in [1.165, 1.54) is 6.26 Å². The Balaban J connectivity index is 1.85. The fraction of sp³-hybridized carbons (Fsp3) is 0.357. The van der Waals surface area contributed by atoms with Gasteiger partial charge in [0.2, 0.25) is 0 Å². The van der Waals surface area contributed by atoms with Gasteiger partial charge in [-0.05, 0) is 31.2 Å². The van der Waals surface area contributed by atoms with E-state index in [0.717, 1.165) is 5.76 Å². The molecule has 6 heteroatoms. The maximum atomic E-state index is 10.3. The molecule has 0 amide bonds. The molecule has 0 aliphatic carbocycles. The number of guanidine groups is 1. The lowest BCUT2D eigenvalue weighted by molar-refractivity contribution is 0.0386. The molecule has 1 atom stereocenters. The van der Waals surface area contributed by atoms with E-state index in [-0.39, 0.29) is 6.54 Å². The first kappa shape index (κ1) is 14.2. The molecular weight excluding hydrogens is 258 g/mol. The van der Waals surface area contributed by atoms with Gasteiger partial charge in [0.1, 0.15) is 17.1 Å². The number of aliphatic hydroxyl groups is 1. The second-order valence-electron chi connectivity index (χ2n) is 4.61. The van der Waals surface area contributed by atoms with Crippen molar-refractivity contribution in [1.29, 1.82) is 0 Å². The van der Waals surface area contributed by atoms with E-state index in [1.54, 1.807) is 32.4 Å². The van der Waals surface area contributed by atoms with Crippen molar-refractivity contribution in [2.45, 2.75) is 19.1 Å².